The molecular formula is C13H17NO2. The van der Waals surface area contributed by atoms with Crippen LogP contribution in [-0.2, 0) is 9.47 Å². The SMILES string of the molecule is NCC1COC(c2ccc(C3CC3)cc2)O1. The highest BCUT2D eigenvalue weighted by Crippen LogP contribution is 2.40. The standard InChI is InChI=1S/C13H17NO2/c14-7-12-8-15-13(16-12)11-5-3-10(4-6-11)9-1-2-9/h3-6,9,12-13H,1-2,7-8,14H2. The molecule has 3 heteroatoms. The van der Waals surface area contributed by atoms with Gasteiger partial charge in [-0.25, -0.2) is 0 Å². The molecule has 1 aliphatic heterocycles. The lowest BCUT2D eigenvalue weighted by Gasteiger charge is -2.11. The van der Waals surface area contributed by atoms with Gasteiger partial charge in [0.05, 0.1) is 12.7 Å². The first-order valence-electron chi connectivity index (χ1n) is 5.94. The van der Waals surface area contributed by atoms with Crippen LogP contribution in [0.1, 0.15) is 36.2 Å². The largest absolute Gasteiger partial charge is 0.346 e. The van der Waals surface area contributed by atoms with Gasteiger partial charge in [-0.2, -0.15) is 0 Å². The first-order valence-corrected chi connectivity index (χ1v) is 5.94. The van der Waals surface area contributed by atoms with Gasteiger partial charge in [0.25, 0.3) is 0 Å². The first kappa shape index (κ1) is 10.3. The lowest BCUT2D eigenvalue weighted by atomic mass is 10.1. The van der Waals surface area contributed by atoms with Crippen LogP contribution in [0, 0.1) is 0 Å². The van der Waals surface area contributed by atoms with Crippen molar-refractivity contribution in [1.29, 1.82) is 0 Å². The molecule has 0 spiro atoms. The third-order valence-electron chi connectivity index (χ3n) is 3.27. The van der Waals surface area contributed by atoms with E-state index in [1.807, 2.05) is 0 Å². The normalized spacial score (nSPS) is 29.6. The van der Waals surface area contributed by atoms with Crippen molar-refractivity contribution in [3.63, 3.8) is 0 Å². The van der Waals surface area contributed by atoms with E-state index < -0.39 is 0 Å². The van der Waals surface area contributed by atoms with Gasteiger partial charge in [-0.05, 0) is 24.3 Å². The molecule has 0 radical (unpaired) electrons. The van der Waals surface area contributed by atoms with Crippen molar-refractivity contribution < 1.29 is 9.47 Å². The number of rotatable bonds is 3. The predicted octanol–water partition coefficient (Wildman–Crippen LogP) is 1.94. The summed E-state index contributed by atoms with van der Waals surface area (Å²) in [7, 11) is 0. The summed E-state index contributed by atoms with van der Waals surface area (Å²) in [6.07, 6.45) is 2.51. The molecule has 1 aromatic carbocycles. The third kappa shape index (κ3) is 1.98. The summed E-state index contributed by atoms with van der Waals surface area (Å²) < 4.78 is 11.2. The zero-order valence-corrected chi connectivity index (χ0v) is 9.26. The molecule has 2 aliphatic rings. The second-order valence-corrected chi connectivity index (χ2v) is 4.60. The number of nitrogens with two attached hydrogens (primary N) is 1. The Kier molecular flexibility index (Phi) is 2.67. The van der Waals surface area contributed by atoms with Gasteiger partial charge in [0.1, 0.15) is 0 Å². The summed E-state index contributed by atoms with van der Waals surface area (Å²) in [6.45, 7) is 1.13. The Labute approximate surface area is 95.5 Å². The minimum atomic E-state index is -0.221. The Hall–Kier alpha value is -0.900. The van der Waals surface area contributed by atoms with Gasteiger partial charge in [-0.15, -0.1) is 0 Å². The number of benzene rings is 1. The number of hydrogen-bond acceptors (Lipinski definition) is 3. The highest BCUT2D eigenvalue weighted by Gasteiger charge is 2.27. The van der Waals surface area contributed by atoms with Crippen molar-refractivity contribution in [2.24, 2.45) is 5.73 Å². The molecule has 3 nitrogen and oxygen atoms in total. The van der Waals surface area contributed by atoms with Gasteiger partial charge in [-0.1, -0.05) is 24.3 Å². The quantitative estimate of drug-likeness (QED) is 0.845. The highest BCUT2D eigenvalue weighted by molar-refractivity contribution is 5.28. The average Bonchev–Trinajstić information content (AvgIpc) is 3.07. The van der Waals surface area contributed by atoms with Crippen molar-refractivity contribution in [1.82, 2.24) is 0 Å². The third-order valence-corrected chi connectivity index (χ3v) is 3.27. The highest BCUT2D eigenvalue weighted by atomic mass is 16.7. The lowest BCUT2D eigenvalue weighted by Crippen LogP contribution is -2.21. The number of hydrogen-bond donors (Lipinski definition) is 1. The van der Waals surface area contributed by atoms with Gasteiger partial charge >= 0.3 is 0 Å². The summed E-state index contributed by atoms with van der Waals surface area (Å²) in [4.78, 5) is 0. The Morgan fingerprint density at radius 3 is 2.38 bits per heavy atom. The van der Waals surface area contributed by atoms with Crippen LogP contribution >= 0.6 is 0 Å². The van der Waals surface area contributed by atoms with Crippen LogP contribution in [-0.4, -0.2) is 19.3 Å². The van der Waals surface area contributed by atoms with E-state index in [1.165, 1.54) is 18.4 Å². The molecule has 0 bridgehead atoms. The van der Waals surface area contributed by atoms with E-state index in [2.05, 4.69) is 24.3 Å². The fourth-order valence-electron chi connectivity index (χ4n) is 2.09. The van der Waals surface area contributed by atoms with E-state index in [9.17, 15) is 0 Å². The maximum absolute atomic E-state index is 5.67. The molecule has 86 valence electrons. The van der Waals surface area contributed by atoms with Crippen molar-refractivity contribution in [3.8, 4) is 0 Å². The van der Waals surface area contributed by atoms with Crippen LogP contribution in [0.25, 0.3) is 0 Å². The molecule has 1 saturated heterocycles. The number of ether oxygens (including phenoxy) is 2. The van der Waals surface area contributed by atoms with Crippen LogP contribution in [0.15, 0.2) is 24.3 Å². The lowest BCUT2D eigenvalue weighted by molar-refractivity contribution is -0.0585. The van der Waals surface area contributed by atoms with E-state index in [-0.39, 0.29) is 12.4 Å². The minimum Gasteiger partial charge on any atom is -0.346 e. The van der Waals surface area contributed by atoms with Gasteiger partial charge < -0.3 is 15.2 Å². The molecular weight excluding hydrogens is 202 g/mol. The molecule has 3 rings (SSSR count). The second kappa shape index (κ2) is 4.17. The summed E-state index contributed by atoms with van der Waals surface area (Å²) in [5.41, 5.74) is 8.08. The second-order valence-electron chi connectivity index (χ2n) is 4.60. The fourth-order valence-corrected chi connectivity index (χ4v) is 2.09. The smallest absolute Gasteiger partial charge is 0.184 e. The van der Waals surface area contributed by atoms with Crippen molar-refractivity contribution >= 4 is 0 Å². The summed E-state index contributed by atoms with van der Waals surface area (Å²) in [5.74, 6) is 0.802. The molecule has 1 aliphatic carbocycles. The molecule has 2 fully saturated rings. The van der Waals surface area contributed by atoms with Crippen molar-refractivity contribution in [3.05, 3.63) is 35.4 Å². The molecule has 1 saturated carbocycles. The maximum atomic E-state index is 5.67. The van der Waals surface area contributed by atoms with E-state index >= 15 is 0 Å². The Morgan fingerprint density at radius 2 is 1.81 bits per heavy atom. The van der Waals surface area contributed by atoms with Gasteiger partial charge in [-0.3, -0.25) is 0 Å². The van der Waals surface area contributed by atoms with Crippen LogP contribution in [0.3, 0.4) is 0 Å². The monoisotopic (exact) mass is 219 g/mol. The van der Waals surface area contributed by atoms with E-state index in [0.717, 1.165) is 11.5 Å². The Balaban J connectivity index is 1.69. The Morgan fingerprint density at radius 1 is 1.12 bits per heavy atom. The summed E-state index contributed by atoms with van der Waals surface area (Å²) >= 11 is 0. The molecule has 1 heterocycles. The van der Waals surface area contributed by atoms with E-state index in [4.69, 9.17) is 15.2 Å². The van der Waals surface area contributed by atoms with Gasteiger partial charge in [0.15, 0.2) is 6.29 Å². The van der Waals surface area contributed by atoms with E-state index in [1.54, 1.807) is 0 Å². The average molecular weight is 219 g/mol. The molecule has 16 heavy (non-hydrogen) atoms. The zero-order chi connectivity index (χ0) is 11.0. The van der Waals surface area contributed by atoms with Crippen LogP contribution in [0.5, 0.6) is 0 Å². The minimum absolute atomic E-state index is 0.0492. The van der Waals surface area contributed by atoms with Crippen LogP contribution in [0.4, 0.5) is 0 Å². The maximum Gasteiger partial charge on any atom is 0.184 e. The molecule has 0 aromatic heterocycles. The van der Waals surface area contributed by atoms with Crippen molar-refractivity contribution in [2.75, 3.05) is 13.2 Å². The first-order chi connectivity index (χ1) is 7.86. The van der Waals surface area contributed by atoms with Crippen LogP contribution < -0.4 is 5.73 Å². The molecule has 2 N–H and O–H groups in total. The van der Waals surface area contributed by atoms with Crippen LogP contribution in [0.2, 0.25) is 0 Å². The summed E-state index contributed by atoms with van der Waals surface area (Å²) in [5, 5.41) is 0. The fraction of sp³-hybridized carbons (Fsp3) is 0.538. The zero-order valence-electron chi connectivity index (χ0n) is 9.26. The van der Waals surface area contributed by atoms with Gasteiger partial charge in [0, 0.05) is 12.1 Å². The van der Waals surface area contributed by atoms with Gasteiger partial charge in [0.2, 0.25) is 0 Å². The van der Waals surface area contributed by atoms with E-state index in [0.29, 0.717) is 13.2 Å². The molecule has 1 aromatic rings. The predicted molar refractivity (Wildman–Crippen MR) is 61.0 cm³/mol. The molecule has 2 atom stereocenters. The van der Waals surface area contributed by atoms with Crippen molar-refractivity contribution in [2.45, 2.75) is 31.2 Å². The summed E-state index contributed by atoms with van der Waals surface area (Å²) in [6, 6.07) is 8.60. The molecule has 2 unspecified atom stereocenters. The Bertz CT molecular complexity index is 359. The topological polar surface area (TPSA) is 44.5 Å². The molecule has 0 amide bonds.